The van der Waals surface area contributed by atoms with Gasteiger partial charge in [-0.2, -0.15) is 0 Å². The van der Waals surface area contributed by atoms with E-state index in [0.29, 0.717) is 6.10 Å². The van der Waals surface area contributed by atoms with E-state index in [1.165, 1.54) is 64.2 Å². The highest BCUT2D eigenvalue weighted by Crippen LogP contribution is 2.27. The Hall–Kier alpha value is -0.0800. The van der Waals surface area contributed by atoms with Crippen LogP contribution in [0.1, 0.15) is 71.1 Å². The second-order valence-electron chi connectivity index (χ2n) is 6.24. The Morgan fingerprint density at radius 2 is 1.72 bits per heavy atom. The first-order valence-corrected chi connectivity index (χ1v) is 8.23. The van der Waals surface area contributed by atoms with Gasteiger partial charge in [0, 0.05) is 12.6 Å². The van der Waals surface area contributed by atoms with Gasteiger partial charge in [-0.1, -0.05) is 32.6 Å². The average Bonchev–Trinajstić information content (AvgIpc) is 2.90. The first-order chi connectivity index (χ1) is 8.88. The Kier molecular flexibility index (Phi) is 6.50. The minimum Gasteiger partial charge on any atom is -0.377 e. The van der Waals surface area contributed by atoms with Crippen molar-refractivity contribution >= 4 is 0 Å². The van der Waals surface area contributed by atoms with Crippen LogP contribution in [0.5, 0.6) is 0 Å². The lowest BCUT2D eigenvalue weighted by atomic mass is 9.83. The van der Waals surface area contributed by atoms with E-state index in [1.807, 2.05) is 0 Å². The van der Waals surface area contributed by atoms with Gasteiger partial charge in [0.25, 0.3) is 0 Å². The number of rotatable bonds is 7. The van der Waals surface area contributed by atoms with Crippen molar-refractivity contribution in [1.29, 1.82) is 0 Å². The summed E-state index contributed by atoms with van der Waals surface area (Å²) in [6, 6.07) is 0.769. The molecule has 2 aliphatic rings. The van der Waals surface area contributed by atoms with Crippen molar-refractivity contribution in [3.63, 3.8) is 0 Å². The van der Waals surface area contributed by atoms with Gasteiger partial charge in [0.15, 0.2) is 0 Å². The van der Waals surface area contributed by atoms with Crippen LogP contribution in [0.15, 0.2) is 0 Å². The van der Waals surface area contributed by atoms with Crippen LogP contribution in [0.3, 0.4) is 0 Å². The minimum atomic E-state index is 0.576. The topological polar surface area (TPSA) is 21.3 Å². The van der Waals surface area contributed by atoms with Gasteiger partial charge in [-0.25, -0.2) is 0 Å². The molecule has 0 saturated heterocycles. The smallest absolute Gasteiger partial charge is 0.0594 e. The molecule has 0 aromatic heterocycles. The lowest BCUT2D eigenvalue weighted by Crippen LogP contribution is -2.35. The first kappa shape index (κ1) is 14.3. The Morgan fingerprint density at radius 1 is 1.00 bits per heavy atom. The molecule has 2 heteroatoms. The molecule has 0 aliphatic heterocycles. The first-order valence-electron chi connectivity index (χ1n) is 8.23. The highest BCUT2D eigenvalue weighted by atomic mass is 16.5. The average molecular weight is 253 g/mol. The third kappa shape index (κ3) is 4.89. The molecule has 0 spiro atoms. The van der Waals surface area contributed by atoms with Crippen LogP contribution in [0.2, 0.25) is 0 Å². The summed E-state index contributed by atoms with van der Waals surface area (Å²) < 4.78 is 5.89. The summed E-state index contributed by atoms with van der Waals surface area (Å²) in [5.74, 6) is 1.02. The molecule has 0 atom stereocenters. The van der Waals surface area contributed by atoms with E-state index < -0.39 is 0 Å². The number of nitrogens with one attached hydrogen (secondary N) is 1. The summed E-state index contributed by atoms with van der Waals surface area (Å²) in [5, 5.41) is 3.68. The molecule has 0 aromatic carbocycles. The van der Waals surface area contributed by atoms with Crippen LogP contribution in [0.25, 0.3) is 0 Å². The van der Waals surface area contributed by atoms with Crippen LogP contribution in [-0.4, -0.2) is 25.3 Å². The second kappa shape index (κ2) is 8.16. The third-order valence-electron chi connectivity index (χ3n) is 4.73. The van der Waals surface area contributed by atoms with Crippen molar-refractivity contribution in [2.24, 2.45) is 5.92 Å². The summed E-state index contributed by atoms with van der Waals surface area (Å²) >= 11 is 0. The molecule has 106 valence electrons. The molecule has 2 saturated carbocycles. The molecule has 2 nitrogen and oxygen atoms in total. The molecule has 18 heavy (non-hydrogen) atoms. The van der Waals surface area contributed by atoms with Crippen LogP contribution in [0, 0.1) is 5.92 Å². The van der Waals surface area contributed by atoms with E-state index in [9.17, 15) is 0 Å². The highest BCUT2D eigenvalue weighted by molar-refractivity contribution is 4.77. The number of hydrogen-bond acceptors (Lipinski definition) is 2. The van der Waals surface area contributed by atoms with E-state index >= 15 is 0 Å². The maximum absolute atomic E-state index is 5.89. The Labute approximate surface area is 113 Å². The van der Waals surface area contributed by atoms with Gasteiger partial charge >= 0.3 is 0 Å². The minimum absolute atomic E-state index is 0.576. The normalized spacial score (nSPS) is 29.8. The Bertz CT molecular complexity index is 205. The van der Waals surface area contributed by atoms with Crippen LogP contribution < -0.4 is 5.32 Å². The fraction of sp³-hybridized carbons (Fsp3) is 1.00. The molecule has 0 aromatic rings. The molecule has 0 heterocycles. The standard InChI is InChI=1S/C16H31NO/c1-2-5-14-8-10-15(11-9-14)17-12-13-18-16-6-3-4-7-16/h14-17H,2-13H2,1H3. The molecule has 1 N–H and O–H groups in total. The predicted octanol–water partition coefficient (Wildman–Crippen LogP) is 3.89. The van der Waals surface area contributed by atoms with Gasteiger partial charge in [-0.15, -0.1) is 0 Å². The fourth-order valence-electron chi connectivity index (χ4n) is 3.61. The van der Waals surface area contributed by atoms with Crippen molar-refractivity contribution in [1.82, 2.24) is 5.32 Å². The van der Waals surface area contributed by atoms with Gasteiger partial charge in [-0.05, 0) is 44.4 Å². The van der Waals surface area contributed by atoms with Crippen LogP contribution in [0.4, 0.5) is 0 Å². The van der Waals surface area contributed by atoms with Crippen LogP contribution in [-0.2, 0) is 4.74 Å². The van der Waals surface area contributed by atoms with Crippen molar-refractivity contribution in [2.75, 3.05) is 13.2 Å². The molecule has 0 radical (unpaired) electrons. The van der Waals surface area contributed by atoms with Gasteiger partial charge in [0.05, 0.1) is 12.7 Å². The van der Waals surface area contributed by atoms with Gasteiger partial charge in [-0.3, -0.25) is 0 Å². The van der Waals surface area contributed by atoms with E-state index in [2.05, 4.69) is 12.2 Å². The quantitative estimate of drug-likeness (QED) is 0.695. The Balaban J connectivity index is 1.47. The maximum Gasteiger partial charge on any atom is 0.0594 e. The fourth-order valence-corrected chi connectivity index (χ4v) is 3.61. The van der Waals surface area contributed by atoms with E-state index in [1.54, 1.807) is 0 Å². The van der Waals surface area contributed by atoms with Crippen molar-refractivity contribution in [3.05, 3.63) is 0 Å². The zero-order valence-electron chi connectivity index (χ0n) is 12.1. The summed E-state index contributed by atoms with van der Waals surface area (Å²) in [4.78, 5) is 0. The molecule has 0 amide bonds. The lowest BCUT2D eigenvalue weighted by Gasteiger charge is -2.29. The Morgan fingerprint density at radius 3 is 2.39 bits per heavy atom. The summed E-state index contributed by atoms with van der Waals surface area (Å²) in [6.45, 7) is 4.28. The summed E-state index contributed by atoms with van der Waals surface area (Å²) in [6.07, 6.45) is 14.4. The number of ether oxygens (including phenoxy) is 1. The molecule has 0 unspecified atom stereocenters. The zero-order valence-corrected chi connectivity index (χ0v) is 12.1. The molecule has 2 aliphatic carbocycles. The van der Waals surface area contributed by atoms with E-state index in [-0.39, 0.29) is 0 Å². The van der Waals surface area contributed by atoms with E-state index in [0.717, 1.165) is 25.1 Å². The van der Waals surface area contributed by atoms with Gasteiger partial charge < -0.3 is 10.1 Å². The molecular weight excluding hydrogens is 222 g/mol. The molecular formula is C16H31NO. The molecule has 2 fully saturated rings. The predicted molar refractivity (Wildman–Crippen MR) is 76.9 cm³/mol. The van der Waals surface area contributed by atoms with Crippen LogP contribution >= 0.6 is 0 Å². The molecule has 0 bridgehead atoms. The SMILES string of the molecule is CCCC1CCC(NCCOC2CCCC2)CC1. The maximum atomic E-state index is 5.89. The van der Waals surface area contributed by atoms with Crippen molar-refractivity contribution in [3.8, 4) is 0 Å². The molecule has 2 rings (SSSR count). The zero-order chi connectivity index (χ0) is 12.6. The second-order valence-corrected chi connectivity index (χ2v) is 6.24. The van der Waals surface area contributed by atoms with E-state index in [4.69, 9.17) is 4.74 Å². The van der Waals surface area contributed by atoms with Crippen molar-refractivity contribution < 1.29 is 4.74 Å². The van der Waals surface area contributed by atoms with Gasteiger partial charge in [0.2, 0.25) is 0 Å². The summed E-state index contributed by atoms with van der Waals surface area (Å²) in [5.41, 5.74) is 0. The largest absolute Gasteiger partial charge is 0.377 e. The third-order valence-corrected chi connectivity index (χ3v) is 4.73. The highest BCUT2D eigenvalue weighted by Gasteiger charge is 2.20. The van der Waals surface area contributed by atoms with Crippen molar-refractivity contribution in [2.45, 2.75) is 83.3 Å². The monoisotopic (exact) mass is 253 g/mol. The lowest BCUT2D eigenvalue weighted by molar-refractivity contribution is 0.0581. The van der Waals surface area contributed by atoms with Gasteiger partial charge in [0.1, 0.15) is 0 Å². The summed E-state index contributed by atoms with van der Waals surface area (Å²) in [7, 11) is 0. The number of hydrogen-bond donors (Lipinski definition) is 1.